The van der Waals surface area contributed by atoms with Crippen LogP contribution in [-0.4, -0.2) is 54.8 Å². The minimum Gasteiger partial charge on any atom is -0.486 e. The van der Waals surface area contributed by atoms with Gasteiger partial charge in [-0.1, -0.05) is 12.1 Å². The lowest BCUT2D eigenvalue weighted by atomic mass is 10.0. The molecule has 1 fully saturated rings. The van der Waals surface area contributed by atoms with E-state index in [-0.39, 0.29) is 5.92 Å². The summed E-state index contributed by atoms with van der Waals surface area (Å²) in [7, 11) is 0. The van der Waals surface area contributed by atoms with Gasteiger partial charge in [0.1, 0.15) is 13.2 Å². The second-order valence-electron chi connectivity index (χ2n) is 8.71. The number of fused-ring (bicyclic) bond motifs is 2. The summed E-state index contributed by atoms with van der Waals surface area (Å²) in [5.41, 5.74) is 8.20. The van der Waals surface area contributed by atoms with Crippen molar-refractivity contribution in [2.24, 2.45) is 11.7 Å². The number of rotatable bonds is 6. The highest BCUT2D eigenvalue weighted by atomic mass is 19.1. The Hall–Kier alpha value is -2.67. The summed E-state index contributed by atoms with van der Waals surface area (Å²) in [6, 6.07) is 10.1. The maximum absolute atomic E-state index is 13.3. The Morgan fingerprint density at radius 2 is 1.94 bits per heavy atom. The van der Waals surface area contributed by atoms with Gasteiger partial charge in [-0.25, -0.2) is 4.39 Å². The van der Waals surface area contributed by atoms with Crippen molar-refractivity contribution < 1.29 is 18.7 Å². The van der Waals surface area contributed by atoms with Gasteiger partial charge in [-0.15, -0.1) is 0 Å². The SMILES string of the molecule is NC(=O)C(F)C1Cc2cccnc2C1.c1cc2c(cc1CCCN1CCCC1)OCCO2. The average Bonchev–Trinajstić information content (AvgIpc) is 3.48. The molecule has 6 nitrogen and oxygen atoms in total. The van der Waals surface area contributed by atoms with Gasteiger partial charge >= 0.3 is 0 Å². The standard InChI is InChI=1S/C15H21NO2.C10H11FN2O/c1-2-8-16(7-1)9-3-4-13-5-6-14-15(12-13)18-11-10-17-14;11-9(10(12)14)7-4-6-2-1-3-13-8(6)5-7/h5-6,12H,1-4,7-11H2;1-3,7,9H,4-5H2,(H2,12,14). The van der Waals surface area contributed by atoms with Crippen molar-refractivity contribution in [1.29, 1.82) is 0 Å². The van der Waals surface area contributed by atoms with Crippen LogP contribution in [0.5, 0.6) is 11.5 Å². The minimum atomic E-state index is -1.55. The fourth-order valence-corrected chi connectivity index (χ4v) is 4.64. The lowest BCUT2D eigenvalue weighted by Crippen LogP contribution is -2.32. The van der Waals surface area contributed by atoms with Crippen LogP contribution in [0.25, 0.3) is 0 Å². The van der Waals surface area contributed by atoms with Crippen LogP contribution in [0.15, 0.2) is 36.5 Å². The van der Waals surface area contributed by atoms with Crippen molar-refractivity contribution in [3.8, 4) is 11.5 Å². The summed E-state index contributed by atoms with van der Waals surface area (Å²) in [4.78, 5) is 17.4. The van der Waals surface area contributed by atoms with Gasteiger partial charge < -0.3 is 20.1 Å². The van der Waals surface area contributed by atoms with Gasteiger partial charge in [0.15, 0.2) is 17.7 Å². The second kappa shape index (κ2) is 10.8. The minimum absolute atomic E-state index is 0.322. The summed E-state index contributed by atoms with van der Waals surface area (Å²) >= 11 is 0. The van der Waals surface area contributed by atoms with E-state index < -0.39 is 12.1 Å². The van der Waals surface area contributed by atoms with E-state index in [9.17, 15) is 9.18 Å². The number of likely N-dealkylation sites (tertiary alicyclic amines) is 1. The van der Waals surface area contributed by atoms with E-state index in [1.165, 1.54) is 44.5 Å². The maximum Gasteiger partial charge on any atom is 0.252 e. The number of carbonyl (C=O) groups is 1. The third-order valence-corrected chi connectivity index (χ3v) is 6.35. The van der Waals surface area contributed by atoms with Crippen molar-refractivity contribution >= 4 is 5.91 Å². The molecule has 1 saturated heterocycles. The first-order chi connectivity index (χ1) is 15.6. The molecule has 7 heteroatoms. The fourth-order valence-electron chi connectivity index (χ4n) is 4.64. The Labute approximate surface area is 188 Å². The van der Waals surface area contributed by atoms with Gasteiger partial charge in [-0.05, 0) is 87.5 Å². The van der Waals surface area contributed by atoms with Crippen LogP contribution in [0, 0.1) is 5.92 Å². The predicted octanol–water partition coefficient (Wildman–Crippen LogP) is 3.11. The van der Waals surface area contributed by atoms with Crippen LogP contribution < -0.4 is 15.2 Å². The molecule has 3 aliphatic rings. The topological polar surface area (TPSA) is 77.7 Å². The zero-order chi connectivity index (χ0) is 22.3. The van der Waals surface area contributed by atoms with Crippen LogP contribution >= 0.6 is 0 Å². The van der Waals surface area contributed by atoms with E-state index in [1.54, 1.807) is 6.20 Å². The predicted molar refractivity (Wildman–Crippen MR) is 121 cm³/mol. The summed E-state index contributed by atoms with van der Waals surface area (Å²) in [5, 5.41) is 0. The number of nitrogens with two attached hydrogens (primary N) is 1. The summed E-state index contributed by atoms with van der Waals surface area (Å²) in [5.74, 6) is 0.615. The van der Waals surface area contributed by atoms with Gasteiger partial charge in [0.25, 0.3) is 5.91 Å². The quantitative estimate of drug-likeness (QED) is 0.745. The number of nitrogens with zero attached hydrogens (tertiary/aromatic N) is 2. The molecular weight excluding hydrogens is 409 g/mol. The van der Waals surface area contributed by atoms with Crippen molar-refractivity contribution in [2.75, 3.05) is 32.8 Å². The average molecular weight is 442 g/mol. The molecule has 1 aromatic heterocycles. The largest absolute Gasteiger partial charge is 0.486 e. The smallest absolute Gasteiger partial charge is 0.252 e. The molecule has 2 aromatic rings. The number of hydrogen-bond donors (Lipinski definition) is 1. The summed E-state index contributed by atoms with van der Waals surface area (Å²) in [6.07, 6.45) is 6.33. The highest BCUT2D eigenvalue weighted by Crippen LogP contribution is 2.31. The molecule has 1 aromatic carbocycles. The van der Waals surface area contributed by atoms with E-state index in [0.717, 1.165) is 29.2 Å². The number of halogens is 1. The Morgan fingerprint density at radius 3 is 2.69 bits per heavy atom. The van der Waals surface area contributed by atoms with E-state index >= 15 is 0 Å². The zero-order valence-electron chi connectivity index (χ0n) is 18.5. The van der Waals surface area contributed by atoms with Gasteiger partial charge in [-0.2, -0.15) is 0 Å². The number of carbonyl (C=O) groups excluding carboxylic acids is 1. The van der Waals surface area contributed by atoms with E-state index in [4.69, 9.17) is 15.2 Å². The van der Waals surface area contributed by atoms with Gasteiger partial charge in [0, 0.05) is 17.8 Å². The lowest BCUT2D eigenvalue weighted by Gasteiger charge is -2.19. The molecule has 5 rings (SSSR count). The molecule has 0 saturated carbocycles. The Kier molecular flexibility index (Phi) is 7.58. The molecule has 0 spiro atoms. The van der Waals surface area contributed by atoms with E-state index in [1.807, 2.05) is 18.2 Å². The van der Waals surface area contributed by atoms with Crippen LogP contribution in [-0.2, 0) is 24.1 Å². The van der Waals surface area contributed by atoms with Crippen molar-refractivity contribution in [3.63, 3.8) is 0 Å². The van der Waals surface area contributed by atoms with Crippen LogP contribution in [0.1, 0.15) is 36.1 Å². The first-order valence-corrected chi connectivity index (χ1v) is 11.6. The molecule has 0 bridgehead atoms. The molecule has 1 aliphatic carbocycles. The van der Waals surface area contributed by atoms with E-state index in [0.29, 0.717) is 26.1 Å². The molecule has 2 atom stereocenters. The van der Waals surface area contributed by atoms with Crippen molar-refractivity contribution in [2.45, 2.75) is 44.7 Å². The Bertz CT molecular complexity index is 892. The van der Waals surface area contributed by atoms with Crippen molar-refractivity contribution in [3.05, 3.63) is 53.3 Å². The first kappa shape index (κ1) is 22.5. The van der Waals surface area contributed by atoms with Gasteiger partial charge in [-0.3, -0.25) is 9.78 Å². The Balaban J connectivity index is 0.000000158. The van der Waals surface area contributed by atoms with Crippen LogP contribution in [0.3, 0.4) is 0 Å². The molecule has 32 heavy (non-hydrogen) atoms. The number of alkyl halides is 1. The zero-order valence-corrected chi connectivity index (χ0v) is 18.5. The molecule has 3 heterocycles. The van der Waals surface area contributed by atoms with Crippen molar-refractivity contribution in [1.82, 2.24) is 9.88 Å². The third-order valence-electron chi connectivity index (χ3n) is 6.35. The number of aromatic nitrogens is 1. The summed E-state index contributed by atoms with van der Waals surface area (Å²) < 4.78 is 24.4. The monoisotopic (exact) mass is 441 g/mol. The number of primary amides is 1. The highest BCUT2D eigenvalue weighted by Gasteiger charge is 2.32. The van der Waals surface area contributed by atoms with E-state index in [2.05, 4.69) is 22.0 Å². The molecule has 172 valence electrons. The van der Waals surface area contributed by atoms with Gasteiger partial charge in [0.2, 0.25) is 0 Å². The number of hydrogen-bond acceptors (Lipinski definition) is 5. The first-order valence-electron chi connectivity index (χ1n) is 11.6. The van der Waals surface area contributed by atoms with Crippen LogP contribution in [0.4, 0.5) is 4.39 Å². The fraction of sp³-hybridized carbons (Fsp3) is 0.520. The number of ether oxygens (including phenoxy) is 2. The molecule has 2 unspecified atom stereocenters. The molecular formula is C25H32FN3O3. The summed E-state index contributed by atoms with van der Waals surface area (Å²) in [6.45, 7) is 5.16. The highest BCUT2D eigenvalue weighted by molar-refractivity contribution is 5.79. The number of aryl methyl sites for hydroxylation is 1. The molecule has 1 amide bonds. The molecule has 2 aliphatic heterocycles. The molecule has 0 radical (unpaired) electrons. The number of benzene rings is 1. The molecule has 2 N–H and O–H groups in total. The third kappa shape index (κ3) is 5.76. The normalized spacial score (nSPS) is 20.2. The lowest BCUT2D eigenvalue weighted by molar-refractivity contribution is -0.124. The second-order valence-corrected chi connectivity index (χ2v) is 8.71. The van der Waals surface area contributed by atoms with Crippen LogP contribution in [0.2, 0.25) is 0 Å². The van der Waals surface area contributed by atoms with Gasteiger partial charge in [0.05, 0.1) is 0 Å². The maximum atomic E-state index is 13.3. The number of amides is 1. The number of pyridine rings is 1. The Morgan fingerprint density at radius 1 is 1.16 bits per heavy atom.